The Bertz CT molecular complexity index is 2740. The summed E-state index contributed by atoms with van der Waals surface area (Å²) < 4.78 is 0. The third kappa shape index (κ3) is 4.40. The van der Waals surface area contributed by atoms with Gasteiger partial charge in [0.05, 0.1) is 5.69 Å². The van der Waals surface area contributed by atoms with Crippen LogP contribution in [0.15, 0.2) is 174 Å². The van der Waals surface area contributed by atoms with Gasteiger partial charge in [-0.25, -0.2) is 4.98 Å². The molecule has 6 heteroatoms. The molecule has 0 aliphatic carbocycles. The van der Waals surface area contributed by atoms with Crippen molar-refractivity contribution in [3.05, 3.63) is 175 Å². The molecule has 1 N–H and O–H groups in total. The summed E-state index contributed by atoms with van der Waals surface area (Å²) in [5.41, 5.74) is 7.62. The lowest BCUT2D eigenvalue weighted by molar-refractivity contribution is 0.659. The number of nitrogens with one attached hydrogen (secondary N) is 1. The van der Waals surface area contributed by atoms with Gasteiger partial charge in [0.15, 0.2) is 12.0 Å². The number of para-hydroxylation sites is 2. The van der Waals surface area contributed by atoms with Crippen LogP contribution in [0.4, 0.5) is 22.9 Å². The number of allylic oxidation sites excluding steroid dienone is 1. The summed E-state index contributed by atoms with van der Waals surface area (Å²) in [6.07, 6.45) is 7.57. The number of fused-ring (bicyclic) bond motifs is 2. The molecule has 0 spiro atoms. The first-order chi connectivity index (χ1) is 25.8. The van der Waals surface area contributed by atoms with Crippen LogP contribution in [-0.2, 0) is 0 Å². The molecule has 7 aromatic carbocycles. The van der Waals surface area contributed by atoms with E-state index < -0.39 is 0 Å². The first-order valence-electron chi connectivity index (χ1n) is 17.8. The fourth-order valence-corrected chi connectivity index (χ4v) is 8.43. The van der Waals surface area contributed by atoms with E-state index in [0.29, 0.717) is 0 Å². The molecule has 3 aliphatic rings. The van der Waals surface area contributed by atoms with Crippen molar-refractivity contribution in [3.8, 4) is 11.1 Å². The molecule has 0 bridgehead atoms. The van der Waals surface area contributed by atoms with Crippen molar-refractivity contribution < 1.29 is 0 Å². The Labute approximate surface area is 301 Å². The number of rotatable bonds is 5. The Morgan fingerprint density at radius 2 is 1.31 bits per heavy atom. The average molecular weight is 669 g/mol. The van der Waals surface area contributed by atoms with Gasteiger partial charge in [-0.2, -0.15) is 0 Å². The number of aromatic nitrogens is 1. The van der Waals surface area contributed by atoms with Gasteiger partial charge in [0.25, 0.3) is 0 Å². The molecular formula is C46H32N6. The number of dihydropyridines is 1. The summed E-state index contributed by atoms with van der Waals surface area (Å²) in [6.45, 7) is 0. The number of hydrogen-bond acceptors (Lipinski definition) is 6. The highest BCUT2D eigenvalue weighted by Crippen LogP contribution is 2.46. The molecule has 1 aromatic heterocycles. The van der Waals surface area contributed by atoms with E-state index in [9.17, 15) is 0 Å². The molecule has 246 valence electrons. The number of anilines is 4. The monoisotopic (exact) mass is 668 g/mol. The molecule has 0 amide bonds. The van der Waals surface area contributed by atoms with Crippen molar-refractivity contribution in [3.63, 3.8) is 0 Å². The molecule has 0 radical (unpaired) electrons. The number of aliphatic imine (C=N–C) groups is 2. The minimum Gasteiger partial charge on any atom is -0.358 e. The molecule has 0 fully saturated rings. The van der Waals surface area contributed by atoms with Gasteiger partial charge in [0, 0.05) is 29.3 Å². The zero-order valence-electron chi connectivity index (χ0n) is 28.1. The topological polar surface area (TPSA) is 56.1 Å². The normalized spacial score (nSPS) is 19.0. The van der Waals surface area contributed by atoms with E-state index in [1.165, 1.54) is 37.9 Å². The second-order valence-electron chi connectivity index (χ2n) is 13.7. The quantitative estimate of drug-likeness (QED) is 0.186. The van der Waals surface area contributed by atoms with Crippen molar-refractivity contribution in [1.82, 2.24) is 4.98 Å². The van der Waals surface area contributed by atoms with Crippen LogP contribution >= 0.6 is 0 Å². The molecular weight excluding hydrogens is 637 g/mol. The molecule has 0 saturated heterocycles. The maximum Gasteiger partial charge on any atom is 0.158 e. The molecule has 6 nitrogen and oxygen atoms in total. The molecule has 8 aromatic rings. The summed E-state index contributed by atoms with van der Waals surface area (Å²) >= 11 is 0. The van der Waals surface area contributed by atoms with Gasteiger partial charge in [-0.1, -0.05) is 97.1 Å². The van der Waals surface area contributed by atoms with E-state index in [0.717, 1.165) is 45.4 Å². The van der Waals surface area contributed by atoms with E-state index >= 15 is 0 Å². The minimum absolute atomic E-state index is 0.0827. The van der Waals surface area contributed by atoms with Crippen LogP contribution in [0.3, 0.4) is 0 Å². The fourth-order valence-electron chi connectivity index (χ4n) is 8.43. The summed E-state index contributed by atoms with van der Waals surface area (Å²) in [7, 11) is 0. The Hall–Kier alpha value is -6.79. The van der Waals surface area contributed by atoms with Gasteiger partial charge in [-0.05, 0) is 110 Å². The second kappa shape index (κ2) is 11.4. The van der Waals surface area contributed by atoms with Gasteiger partial charge in [-0.3, -0.25) is 14.9 Å². The number of amidine groups is 1. The minimum atomic E-state index is -0.210. The zero-order chi connectivity index (χ0) is 34.2. The highest BCUT2D eigenvalue weighted by molar-refractivity contribution is 6.25. The van der Waals surface area contributed by atoms with E-state index in [4.69, 9.17) is 15.0 Å². The van der Waals surface area contributed by atoms with Crippen molar-refractivity contribution in [1.29, 1.82) is 0 Å². The standard InChI is InChI=1S/C46H32N6/c1-3-12-35(13-4-1)51-43(49-39-16-8-24-47-45(39)51)33-26-32(37-22-20-31-19-18-29-10-7-11-30-21-23-38(37)42(31)41(29)30)27-34(28-33)44-50-40-17-9-25-48-46(40)52(44)36-14-5-2-6-15-36/h1-28,39,44-45,50H. The van der Waals surface area contributed by atoms with E-state index in [2.05, 4.69) is 161 Å². The van der Waals surface area contributed by atoms with Gasteiger partial charge in [0.1, 0.15) is 18.0 Å². The maximum atomic E-state index is 5.38. The van der Waals surface area contributed by atoms with Gasteiger partial charge >= 0.3 is 0 Å². The Morgan fingerprint density at radius 3 is 2.12 bits per heavy atom. The van der Waals surface area contributed by atoms with Gasteiger partial charge in [0.2, 0.25) is 0 Å². The van der Waals surface area contributed by atoms with E-state index in [1.807, 2.05) is 24.6 Å². The predicted molar refractivity (Wildman–Crippen MR) is 215 cm³/mol. The first kappa shape index (κ1) is 29.0. The molecule has 3 unspecified atom stereocenters. The maximum absolute atomic E-state index is 5.38. The fraction of sp³-hybridized carbons (Fsp3) is 0.0652. The van der Waals surface area contributed by atoms with Gasteiger partial charge in [-0.15, -0.1) is 0 Å². The molecule has 4 heterocycles. The molecule has 0 saturated carbocycles. The largest absolute Gasteiger partial charge is 0.358 e. The highest BCUT2D eigenvalue weighted by atomic mass is 15.4. The van der Waals surface area contributed by atoms with Crippen LogP contribution in [0.25, 0.3) is 43.4 Å². The van der Waals surface area contributed by atoms with Crippen molar-refractivity contribution in [2.75, 3.05) is 15.1 Å². The van der Waals surface area contributed by atoms with Gasteiger partial charge < -0.3 is 10.2 Å². The van der Waals surface area contributed by atoms with Crippen LogP contribution < -0.4 is 15.1 Å². The predicted octanol–water partition coefficient (Wildman–Crippen LogP) is 10.5. The van der Waals surface area contributed by atoms with Crippen molar-refractivity contribution in [2.24, 2.45) is 9.98 Å². The Balaban J connectivity index is 1.16. The Kier molecular flexibility index (Phi) is 6.34. The second-order valence-corrected chi connectivity index (χ2v) is 13.7. The van der Waals surface area contributed by atoms with Crippen LogP contribution in [-0.4, -0.2) is 29.2 Å². The smallest absolute Gasteiger partial charge is 0.158 e. The van der Waals surface area contributed by atoms with Crippen molar-refractivity contribution in [2.45, 2.75) is 18.4 Å². The van der Waals surface area contributed by atoms with Crippen LogP contribution in [0, 0.1) is 0 Å². The third-order valence-corrected chi connectivity index (χ3v) is 10.7. The first-order valence-corrected chi connectivity index (χ1v) is 17.8. The van der Waals surface area contributed by atoms with E-state index in [1.54, 1.807) is 0 Å². The molecule has 3 aliphatic heterocycles. The number of nitrogens with zero attached hydrogens (tertiary/aromatic N) is 5. The summed E-state index contributed by atoms with van der Waals surface area (Å²) in [4.78, 5) is 19.8. The summed E-state index contributed by atoms with van der Waals surface area (Å²) in [5.74, 6) is 1.81. The summed E-state index contributed by atoms with van der Waals surface area (Å²) in [6, 6.07) is 52.2. The lowest BCUT2D eigenvalue weighted by Gasteiger charge is -2.30. The zero-order valence-corrected chi connectivity index (χ0v) is 28.1. The van der Waals surface area contributed by atoms with Crippen LogP contribution in [0.1, 0.15) is 17.3 Å². The number of hydrogen-bond donors (Lipinski definition) is 1. The SMILES string of the molecule is C1=CC2N=C(c3cc(-c4ccc5ccc6cccc7ccc4c5c67)cc(C4Nc5cccnc5N4c4ccccc4)c3)N(c3ccccc3)C2N=C1. The highest BCUT2D eigenvalue weighted by Gasteiger charge is 2.38. The van der Waals surface area contributed by atoms with Crippen LogP contribution in [0.5, 0.6) is 0 Å². The molecule has 11 rings (SSSR count). The third-order valence-electron chi connectivity index (χ3n) is 10.7. The number of benzene rings is 7. The Morgan fingerprint density at radius 1 is 0.596 bits per heavy atom. The lowest BCUT2D eigenvalue weighted by Crippen LogP contribution is -2.39. The summed E-state index contributed by atoms with van der Waals surface area (Å²) in [5, 5.41) is 11.5. The lowest BCUT2D eigenvalue weighted by atomic mass is 9.88. The van der Waals surface area contributed by atoms with Crippen LogP contribution in [0.2, 0.25) is 0 Å². The molecule has 52 heavy (non-hydrogen) atoms. The average Bonchev–Trinajstić information content (AvgIpc) is 3.80. The number of pyridine rings is 1. The van der Waals surface area contributed by atoms with Crippen molar-refractivity contribution >= 4 is 67.2 Å². The van der Waals surface area contributed by atoms with E-state index in [-0.39, 0.29) is 18.4 Å². The molecule has 3 atom stereocenters.